The minimum atomic E-state index is 0. The van der Waals surface area contributed by atoms with Crippen molar-refractivity contribution in [3.63, 3.8) is 0 Å². The molecule has 0 N–H and O–H groups in total. The first-order valence-corrected chi connectivity index (χ1v) is 7.22. The van der Waals surface area contributed by atoms with E-state index in [1.54, 1.807) is 0 Å². The van der Waals surface area contributed by atoms with Crippen LogP contribution < -0.4 is 48.0 Å². The van der Waals surface area contributed by atoms with Crippen LogP contribution in [0, 0.1) is 0 Å². The van der Waals surface area contributed by atoms with Crippen molar-refractivity contribution in [1.29, 1.82) is 0 Å². The third kappa shape index (κ3) is 28.1. The maximum Gasteiger partial charge on any atom is 2.00 e. The third-order valence-electron chi connectivity index (χ3n) is 2.64. The Morgan fingerprint density at radius 1 is 0.750 bits per heavy atom. The molecule has 0 aliphatic heterocycles. The van der Waals surface area contributed by atoms with Crippen molar-refractivity contribution in [2.45, 2.75) is 65.2 Å². The molecule has 0 radical (unpaired) electrons. The summed E-state index contributed by atoms with van der Waals surface area (Å²) in [6.07, 6.45) is 14.3. The fourth-order valence-corrected chi connectivity index (χ4v) is 1.60. The number of unbranched alkanes of at least 4 members (excludes halogenated alkanes) is 5. The summed E-state index contributed by atoms with van der Waals surface area (Å²) in [5.74, 6) is 0. The third-order valence-corrected chi connectivity index (χ3v) is 2.64. The molecule has 2 nitrogen and oxygen atoms in total. The average molecular weight is 521 g/mol. The number of allylic oxidation sites excluding steroid dienone is 1. The number of ether oxygens (including phenoxy) is 2. The molecule has 0 saturated carbocycles. The van der Waals surface area contributed by atoms with Gasteiger partial charge >= 0.3 is 23.1 Å². The standard InChI is InChI=1S/C15H30O2.2HI.Mg/c1-3-5-7-9-10-12-14-17-15-16-13-11-8-6-4-2;;;/h6,8H,3-5,7,9-15H2,1-2H3;2*1H;/q;;;+2/p-2/b8-6-;;;. The summed E-state index contributed by atoms with van der Waals surface area (Å²) < 4.78 is 10.8. The van der Waals surface area contributed by atoms with E-state index < -0.39 is 0 Å². The van der Waals surface area contributed by atoms with Gasteiger partial charge in [-0.2, -0.15) is 0 Å². The van der Waals surface area contributed by atoms with Crippen LogP contribution in [0.1, 0.15) is 65.2 Å². The van der Waals surface area contributed by atoms with Crippen molar-refractivity contribution in [3.05, 3.63) is 12.2 Å². The maximum atomic E-state index is 5.40. The van der Waals surface area contributed by atoms with Crippen LogP contribution in [0.25, 0.3) is 0 Å². The Kier molecular flexibility index (Phi) is 43.2. The molecule has 0 heterocycles. The summed E-state index contributed by atoms with van der Waals surface area (Å²) in [5, 5.41) is 0. The summed E-state index contributed by atoms with van der Waals surface area (Å²) in [6.45, 7) is 6.45. The zero-order chi connectivity index (χ0) is 12.6. The predicted octanol–water partition coefficient (Wildman–Crippen LogP) is -1.68. The van der Waals surface area contributed by atoms with E-state index in [1.807, 2.05) is 0 Å². The van der Waals surface area contributed by atoms with E-state index in [1.165, 1.54) is 38.5 Å². The van der Waals surface area contributed by atoms with E-state index in [0.717, 1.165) is 26.1 Å². The molecule has 0 aromatic heterocycles. The number of rotatable bonds is 13. The van der Waals surface area contributed by atoms with Gasteiger partial charge in [-0.05, 0) is 19.3 Å². The Hall–Kier alpha value is 1.89. The van der Waals surface area contributed by atoms with Crippen LogP contribution in [0.15, 0.2) is 12.2 Å². The second-order valence-electron chi connectivity index (χ2n) is 4.37. The second kappa shape index (κ2) is 29.0. The smallest absolute Gasteiger partial charge is 1.00 e. The Morgan fingerprint density at radius 3 is 2.00 bits per heavy atom. The SMILES string of the molecule is CC/C=C\CCOCOCCCCCCCC.[I-].[I-].[Mg+2]. The first kappa shape index (κ1) is 29.8. The predicted molar refractivity (Wildman–Crippen MR) is 79.9 cm³/mol. The van der Waals surface area contributed by atoms with Gasteiger partial charge in [-0.1, -0.05) is 58.1 Å². The van der Waals surface area contributed by atoms with E-state index in [9.17, 15) is 0 Å². The summed E-state index contributed by atoms with van der Waals surface area (Å²) in [5.41, 5.74) is 0. The minimum Gasteiger partial charge on any atom is -1.00 e. The molecule has 0 aliphatic rings. The summed E-state index contributed by atoms with van der Waals surface area (Å²) in [7, 11) is 0. The van der Waals surface area contributed by atoms with Gasteiger partial charge in [0.25, 0.3) is 0 Å². The number of halogens is 2. The van der Waals surface area contributed by atoms with Crippen LogP contribution in [0.3, 0.4) is 0 Å². The van der Waals surface area contributed by atoms with Crippen molar-refractivity contribution < 1.29 is 57.4 Å². The quantitative estimate of drug-likeness (QED) is 0.0951. The molecule has 0 bridgehead atoms. The molecule has 0 rings (SSSR count). The molecule has 0 amide bonds. The van der Waals surface area contributed by atoms with Crippen LogP contribution in [0.4, 0.5) is 0 Å². The number of hydrogen-bond acceptors (Lipinski definition) is 2. The van der Waals surface area contributed by atoms with Gasteiger partial charge in [-0.25, -0.2) is 0 Å². The van der Waals surface area contributed by atoms with Crippen molar-refractivity contribution in [2.75, 3.05) is 20.0 Å². The molecule has 0 aliphatic carbocycles. The Bertz CT molecular complexity index is 170. The van der Waals surface area contributed by atoms with Crippen LogP contribution in [0.5, 0.6) is 0 Å². The van der Waals surface area contributed by atoms with Gasteiger partial charge in [0, 0.05) is 6.61 Å². The van der Waals surface area contributed by atoms with Crippen molar-refractivity contribution in [1.82, 2.24) is 0 Å². The van der Waals surface area contributed by atoms with Crippen LogP contribution in [0.2, 0.25) is 0 Å². The topological polar surface area (TPSA) is 18.5 Å². The molecule has 0 unspecified atom stereocenters. The van der Waals surface area contributed by atoms with Crippen molar-refractivity contribution >= 4 is 23.1 Å². The van der Waals surface area contributed by atoms with Crippen molar-refractivity contribution in [3.8, 4) is 0 Å². The van der Waals surface area contributed by atoms with Crippen LogP contribution in [-0.4, -0.2) is 43.1 Å². The van der Waals surface area contributed by atoms with Gasteiger partial charge in [-0.3, -0.25) is 0 Å². The van der Waals surface area contributed by atoms with E-state index in [2.05, 4.69) is 26.0 Å². The van der Waals surface area contributed by atoms with Gasteiger partial charge < -0.3 is 57.4 Å². The Labute approximate surface area is 176 Å². The second-order valence-corrected chi connectivity index (χ2v) is 4.37. The Balaban J connectivity index is -0.000000427. The molecule has 0 fully saturated rings. The fourth-order valence-electron chi connectivity index (χ4n) is 1.60. The monoisotopic (exact) mass is 520 g/mol. The van der Waals surface area contributed by atoms with E-state index in [-0.39, 0.29) is 71.0 Å². The molecule has 0 atom stereocenters. The zero-order valence-corrected chi connectivity index (χ0v) is 18.9. The minimum absolute atomic E-state index is 0. The zero-order valence-electron chi connectivity index (χ0n) is 13.2. The maximum absolute atomic E-state index is 5.40. The molecule has 0 aromatic carbocycles. The van der Waals surface area contributed by atoms with Gasteiger partial charge in [0.05, 0.1) is 6.61 Å². The summed E-state index contributed by atoms with van der Waals surface area (Å²) >= 11 is 0. The molecule has 0 spiro atoms. The van der Waals surface area contributed by atoms with E-state index in [4.69, 9.17) is 9.47 Å². The normalized spacial score (nSPS) is 9.70. The molecule has 0 aromatic rings. The number of hydrogen-bond donors (Lipinski definition) is 0. The Morgan fingerprint density at radius 2 is 1.35 bits per heavy atom. The van der Waals surface area contributed by atoms with Crippen molar-refractivity contribution in [2.24, 2.45) is 0 Å². The molecule has 20 heavy (non-hydrogen) atoms. The van der Waals surface area contributed by atoms with Gasteiger partial charge in [-0.15, -0.1) is 0 Å². The van der Waals surface area contributed by atoms with E-state index in [0.29, 0.717) is 6.79 Å². The average Bonchev–Trinajstić information content (AvgIpc) is 2.35. The molecule has 5 heteroatoms. The molecule has 118 valence electrons. The van der Waals surface area contributed by atoms with Crippen LogP contribution >= 0.6 is 0 Å². The first-order valence-electron chi connectivity index (χ1n) is 7.22. The van der Waals surface area contributed by atoms with E-state index >= 15 is 0 Å². The first-order chi connectivity index (χ1) is 8.41. The molecular weight excluding hydrogens is 490 g/mol. The molecular formula is C15H30I2MgO2. The molecule has 0 saturated heterocycles. The van der Waals surface area contributed by atoms with Gasteiger partial charge in [0.1, 0.15) is 6.79 Å². The largest absolute Gasteiger partial charge is 2.00 e. The van der Waals surface area contributed by atoms with Crippen LogP contribution in [-0.2, 0) is 9.47 Å². The summed E-state index contributed by atoms with van der Waals surface area (Å²) in [6, 6.07) is 0. The van der Waals surface area contributed by atoms with Gasteiger partial charge in [0.15, 0.2) is 0 Å². The van der Waals surface area contributed by atoms with Gasteiger partial charge in [0.2, 0.25) is 0 Å². The summed E-state index contributed by atoms with van der Waals surface area (Å²) in [4.78, 5) is 0. The fraction of sp³-hybridized carbons (Fsp3) is 0.867.